The van der Waals surface area contributed by atoms with Gasteiger partial charge in [-0.15, -0.1) is 10.2 Å². The molecule has 0 atom stereocenters. The van der Waals surface area contributed by atoms with E-state index in [2.05, 4.69) is 31.0 Å². The molecule has 0 bridgehead atoms. The number of ether oxygens (including phenoxy) is 2. The van der Waals surface area contributed by atoms with Crippen LogP contribution in [-0.4, -0.2) is 26.9 Å². The highest BCUT2D eigenvalue weighted by molar-refractivity contribution is 7.98. The molecule has 0 amide bonds. The van der Waals surface area contributed by atoms with Crippen molar-refractivity contribution in [3.05, 3.63) is 69.5 Å². The van der Waals surface area contributed by atoms with Crippen LogP contribution in [-0.2, 0) is 17.8 Å². The number of rotatable bonds is 8. The van der Waals surface area contributed by atoms with Gasteiger partial charge in [-0.3, -0.25) is 10.1 Å². The molecule has 9 nitrogen and oxygen atoms in total. The number of nitrogens with two attached hydrogens (primary N) is 1. The molecule has 2 N–H and O–H groups in total. The lowest BCUT2D eigenvalue weighted by Gasteiger charge is -2.19. The van der Waals surface area contributed by atoms with Crippen LogP contribution in [0.3, 0.4) is 0 Å². The van der Waals surface area contributed by atoms with Gasteiger partial charge in [0.05, 0.1) is 12.0 Å². The van der Waals surface area contributed by atoms with Gasteiger partial charge in [0.1, 0.15) is 18.1 Å². The number of aromatic nitrogens is 3. The Bertz CT molecular complexity index is 1060. The summed E-state index contributed by atoms with van der Waals surface area (Å²) in [4.78, 5) is 10.6. The first-order valence-electron chi connectivity index (χ1n) is 9.56. The highest BCUT2D eigenvalue weighted by Gasteiger charge is 2.16. The average Bonchev–Trinajstić information content (AvgIpc) is 3.09. The second kappa shape index (κ2) is 9.25. The van der Waals surface area contributed by atoms with Crippen molar-refractivity contribution in [2.45, 2.75) is 43.7 Å². The van der Waals surface area contributed by atoms with E-state index in [0.29, 0.717) is 33.8 Å². The summed E-state index contributed by atoms with van der Waals surface area (Å²) in [5.41, 5.74) is 1.96. The van der Waals surface area contributed by atoms with Gasteiger partial charge in [-0.05, 0) is 29.2 Å². The molecule has 0 aliphatic rings. The van der Waals surface area contributed by atoms with E-state index in [4.69, 9.17) is 15.3 Å². The largest absolute Gasteiger partial charge is 0.496 e. The number of nitro benzene ring substituents is 1. The van der Waals surface area contributed by atoms with Crippen molar-refractivity contribution in [3.63, 3.8) is 0 Å². The minimum atomic E-state index is -0.442. The molecule has 0 unspecified atom stereocenters. The first-order valence-corrected chi connectivity index (χ1v) is 10.5. The van der Waals surface area contributed by atoms with Crippen LogP contribution in [0.25, 0.3) is 0 Å². The Kier molecular flexibility index (Phi) is 6.69. The Hall–Kier alpha value is -3.27. The number of hydrogen-bond donors (Lipinski definition) is 1. The van der Waals surface area contributed by atoms with Crippen LogP contribution >= 0.6 is 11.8 Å². The van der Waals surface area contributed by atoms with Crippen LogP contribution in [0.1, 0.15) is 37.7 Å². The minimum absolute atomic E-state index is 0.00261. The zero-order valence-corrected chi connectivity index (χ0v) is 18.7. The molecule has 0 spiro atoms. The predicted molar refractivity (Wildman–Crippen MR) is 119 cm³/mol. The number of benzene rings is 2. The summed E-state index contributed by atoms with van der Waals surface area (Å²) in [6.07, 6.45) is 0. The average molecular weight is 444 g/mol. The van der Waals surface area contributed by atoms with Gasteiger partial charge in [-0.25, -0.2) is 4.68 Å². The lowest BCUT2D eigenvalue weighted by Crippen LogP contribution is -2.16. The van der Waals surface area contributed by atoms with Crippen molar-refractivity contribution in [2.75, 3.05) is 13.0 Å². The van der Waals surface area contributed by atoms with E-state index >= 15 is 0 Å². The van der Waals surface area contributed by atoms with E-state index in [9.17, 15) is 10.1 Å². The molecule has 0 saturated heterocycles. The highest BCUT2D eigenvalue weighted by Crippen LogP contribution is 2.30. The molecule has 10 heteroatoms. The molecule has 0 aliphatic heterocycles. The normalized spacial score (nSPS) is 11.4. The monoisotopic (exact) mass is 443 g/mol. The van der Waals surface area contributed by atoms with Crippen LogP contribution < -0.4 is 15.3 Å². The van der Waals surface area contributed by atoms with Crippen LogP contribution in [0.4, 0.5) is 5.69 Å². The van der Waals surface area contributed by atoms with E-state index < -0.39 is 4.92 Å². The van der Waals surface area contributed by atoms with Gasteiger partial charge in [0.2, 0.25) is 5.16 Å². The molecule has 31 heavy (non-hydrogen) atoms. The van der Waals surface area contributed by atoms with Crippen LogP contribution in [0.5, 0.6) is 11.5 Å². The Morgan fingerprint density at radius 1 is 1.16 bits per heavy atom. The molecule has 0 saturated carbocycles. The molecule has 164 valence electrons. The maximum atomic E-state index is 11.0. The first-order chi connectivity index (χ1) is 14.7. The molecule has 3 aromatic rings. The second-order valence-corrected chi connectivity index (χ2v) is 8.82. The maximum Gasteiger partial charge on any atom is 0.270 e. The van der Waals surface area contributed by atoms with E-state index in [1.54, 1.807) is 6.07 Å². The number of hydrogen-bond acceptors (Lipinski definition) is 8. The summed E-state index contributed by atoms with van der Waals surface area (Å²) in [7, 11) is 1.52. The number of nitro groups is 1. The summed E-state index contributed by atoms with van der Waals surface area (Å²) < 4.78 is 12.4. The Morgan fingerprint density at radius 2 is 1.87 bits per heavy atom. The van der Waals surface area contributed by atoms with Gasteiger partial charge in [-0.1, -0.05) is 44.7 Å². The molecular formula is C21H25N5O4S. The molecule has 3 rings (SSSR count). The zero-order chi connectivity index (χ0) is 22.6. The standard InChI is InChI=1S/C21H25N5O4S/c1-21(2,3)15-5-8-17(9-6-15)30-12-19-23-24-20(25(19)22)31-13-14-11-16(26(27)28)7-10-18(14)29-4/h5-11H,12-13,22H2,1-4H3. The summed E-state index contributed by atoms with van der Waals surface area (Å²) >= 11 is 1.30. The third-order valence-corrected chi connectivity index (χ3v) is 5.65. The molecule has 0 aliphatic carbocycles. The first kappa shape index (κ1) is 22.4. The number of nitrogen functional groups attached to an aromatic ring is 1. The molecular weight excluding hydrogens is 418 g/mol. The Morgan fingerprint density at radius 3 is 2.48 bits per heavy atom. The topological polar surface area (TPSA) is 118 Å². The number of methoxy groups -OCH3 is 1. The van der Waals surface area contributed by atoms with Crippen molar-refractivity contribution in [3.8, 4) is 11.5 Å². The van der Waals surface area contributed by atoms with Crippen LogP contribution in [0.2, 0.25) is 0 Å². The van der Waals surface area contributed by atoms with Gasteiger partial charge in [-0.2, -0.15) is 0 Å². The van der Waals surface area contributed by atoms with Crippen molar-refractivity contribution in [1.29, 1.82) is 0 Å². The van der Waals surface area contributed by atoms with Gasteiger partial charge in [0.25, 0.3) is 5.69 Å². The van der Waals surface area contributed by atoms with E-state index in [0.717, 1.165) is 0 Å². The van der Waals surface area contributed by atoms with Crippen molar-refractivity contribution in [1.82, 2.24) is 14.9 Å². The van der Waals surface area contributed by atoms with Crippen molar-refractivity contribution in [2.24, 2.45) is 0 Å². The third-order valence-electron chi connectivity index (χ3n) is 4.65. The quantitative estimate of drug-likeness (QED) is 0.239. The smallest absolute Gasteiger partial charge is 0.270 e. The summed E-state index contributed by atoms with van der Waals surface area (Å²) in [5, 5.41) is 19.7. The van der Waals surface area contributed by atoms with Crippen molar-refractivity contribution >= 4 is 17.4 Å². The van der Waals surface area contributed by atoms with Crippen molar-refractivity contribution < 1.29 is 14.4 Å². The van der Waals surface area contributed by atoms with Gasteiger partial charge in [0.15, 0.2) is 5.82 Å². The molecule has 1 aromatic heterocycles. The van der Waals surface area contributed by atoms with Gasteiger partial charge < -0.3 is 15.3 Å². The van der Waals surface area contributed by atoms with E-state index in [1.807, 2.05) is 24.3 Å². The number of non-ortho nitro benzene ring substituents is 1. The predicted octanol–water partition coefficient (Wildman–Crippen LogP) is 4.08. The number of nitrogens with zero attached hydrogens (tertiary/aromatic N) is 4. The fourth-order valence-corrected chi connectivity index (χ4v) is 3.69. The van der Waals surface area contributed by atoms with E-state index in [-0.39, 0.29) is 17.7 Å². The maximum absolute atomic E-state index is 11.0. The molecule has 2 aromatic carbocycles. The SMILES string of the molecule is COc1ccc([N+](=O)[O-])cc1CSc1nnc(COc2ccc(C(C)(C)C)cc2)n1N. The lowest BCUT2D eigenvalue weighted by molar-refractivity contribution is -0.384. The number of thioether (sulfide) groups is 1. The zero-order valence-electron chi connectivity index (χ0n) is 17.9. The fourth-order valence-electron chi connectivity index (χ4n) is 2.84. The summed E-state index contributed by atoms with van der Waals surface area (Å²) in [5.74, 6) is 8.24. The van der Waals surface area contributed by atoms with E-state index in [1.165, 1.54) is 41.2 Å². The van der Waals surface area contributed by atoms with Gasteiger partial charge >= 0.3 is 0 Å². The van der Waals surface area contributed by atoms with Crippen LogP contribution in [0.15, 0.2) is 47.6 Å². The molecule has 0 fully saturated rings. The lowest BCUT2D eigenvalue weighted by atomic mass is 9.87. The Balaban J connectivity index is 1.64. The summed E-state index contributed by atoms with van der Waals surface area (Å²) in [6, 6.07) is 12.4. The molecule has 1 heterocycles. The minimum Gasteiger partial charge on any atom is -0.496 e. The third kappa shape index (κ3) is 5.46. The highest BCUT2D eigenvalue weighted by atomic mass is 32.2. The van der Waals surface area contributed by atoms with Crippen LogP contribution in [0, 0.1) is 10.1 Å². The summed E-state index contributed by atoms with van der Waals surface area (Å²) in [6.45, 7) is 6.63. The second-order valence-electron chi connectivity index (χ2n) is 7.87. The van der Waals surface area contributed by atoms with Gasteiger partial charge in [0, 0.05) is 23.4 Å². The fraction of sp³-hybridized carbons (Fsp3) is 0.333. The molecule has 0 radical (unpaired) electrons. The Labute approximate surface area is 184 Å².